The number of halogens is 1. The van der Waals surface area contributed by atoms with Crippen LogP contribution in [0.15, 0.2) is 30.5 Å². The molecule has 1 aromatic heterocycles. The number of allylic oxidation sites excluding steroid dienone is 1. The van der Waals surface area contributed by atoms with Crippen molar-refractivity contribution in [3.8, 4) is 17.0 Å². The van der Waals surface area contributed by atoms with Gasteiger partial charge in [-0.1, -0.05) is 0 Å². The molecule has 3 rings (SSSR count). The maximum absolute atomic E-state index is 14.6. The Bertz CT molecular complexity index is 984. The molecule has 0 bridgehead atoms. The van der Waals surface area contributed by atoms with Gasteiger partial charge in [0.2, 0.25) is 0 Å². The van der Waals surface area contributed by atoms with Crippen LogP contribution in [-0.4, -0.2) is 45.7 Å². The van der Waals surface area contributed by atoms with E-state index in [9.17, 15) is 9.50 Å². The summed E-state index contributed by atoms with van der Waals surface area (Å²) in [4.78, 5) is 2.13. The summed E-state index contributed by atoms with van der Waals surface area (Å²) in [7, 11) is 2.01. The number of piperidine rings is 1. The van der Waals surface area contributed by atoms with Gasteiger partial charge >= 0.3 is 0 Å². The van der Waals surface area contributed by atoms with Gasteiger partial charge in [0.1, 0.15) is 11.6 Å². The minimum Gasteiger partial charge on any atom is -0.507 e. The third-order valence-corrected chi connectivity index (χ3v) is 5.74. The molecule has 8 heteroatoms. The monoisotopic (exact) mass is 426 g/mol. The van der Waals surface area contributed by atoms with Crippen LogP contribution < -0.4 is 16.0 Å². The van der Waals surface area contributed by atoms with E-state index in [0.29, 0.717) is 11.7 Å². The number of nitrogens with zero attached hydrogens (tertiary/aromatic N) is 3. The summed E-state index contributed by atoms with van der Waals surface area (Å²) in [6.07, 6.45) is 3.99. The first-order chi connectivity index (χ1) is 14.5. The molecular formula is C23H31FN6O. The van der Waals surface area contributed by atoms with Crippen molar-refractivity contribution in [1.82, 2.24) is 15.5 Å². The molecule has 1 fully saturated rings. The predicted molar refractivity (Wildman–Crippen MR) is 123 cm³/mol. The number of phenols is 1. The number of aromatic nitrogens is 2. The van der Waals surface area contributed by atoms with Gasteiger partial charge in [-0.25, -0.2) is 4.39 Å². The number of anilines is 1. The van der Waals surface area contributed by atoms with Crippen LogP contribution in [0.2, 0.25) is 0 Å². The van der Waals surface area contributed by atoms with Gasteiger partial charge < -0.3 is 26.5 Å². The molecule has 1 aliphatic heterocycles. The number of aromatic hydroxyl groups is 1. The number of hydrogen-bond donors (Lipinski definition) is 4. The number of rotatable bonds is 5. The van der Waals surface area contributed by atoms with Gasteiger partial charge in [0.05, 0.1) is 5.69 Å². The number of phenolic OH excluding ortho intramolecular Hbond substituents is 1. The highest BCUT2D eigenvalue weighted by Gasteiger charge is 2.39. The molecule has 0 saturated carbocycles. The Kier molecular flexibility index (Phi) is 6.04. The second kappa shape index (κ2) is 8.26. The molecule has 7 nitrogen and oxygen atoms in total. The average Bonchev–Trinajstić information content (AvgIpc) is 2.68. The fourth-order valence-corrected chi connectivity index (χ4v) is 4.59. The van der Waals surface area contributed by atoms with Crippen LogP contribution in [0.5, 0.6) is 5.75 Å². The quantitative estimate of drug-likeness (QED) is 0.543. The lowest BCUT2D eigenvalue weighted by Gasteiger charge is -2.49. The molecule has 2 heterocycles. The van der Waals surface area contributed by atoms with Gasteiger partial charge in [-0.3, -0.25) is 0 Å². The lowest BCUT2D eigenvalue weighted by molar-refractivity contribution is 0.160. The summed E-state index contributed by atoms with van der Waals surface area (Å²) in [6.45, 7) is 8.81. The van der Waals surface area contributed by atoms with Crippen molar-refractivity contribution >= 4 is 17.6 Å². The van der Waals surface area contributed by atoms with Gasteiger partial charge in [-0.05, 0) is 64.8 Å². The van der Waals surface area contributed by atoms with Crippen LogP contribution in [0, 0.1) is 11.2 Å². The van der Waals surface area contributed by atoms with Crippen molar-refractivity contribution in [1.29, 1.82) is 5.41 Å². The number of nitrogens with one attached hydrogen (secondary N) is 2. The topological polar surface area (TPSA) is 111 Å². The Hall–Kier alpha value is -3.00. The van der Waals surface area contributed by atoms with Crippen LogP contribution in [0.1, 0.15) is 46.1 Å². The normalized spacial score (nSPS) is 18.6. The van der Waals surface area contributed by atoms with Crippen LogP contribution in [0.3, 0.4) is 0 Å². The standard InChI is InChI=1S/C23H31FN6O/c1-22(2)10-15(11-23(3,4)29-22)30(5)21-7-6-19(27-28-21)17-8-18(24)16(9-20(17)31)14(12-25)13-26/h6-9,12-13,15,25,29,31H,10-11,26H2,1-5H3/b14-13+,25-12?. The molecule has 31 heavy (non-hydrogen) atoms. The highest BCUT2D eigenvalue weighted by molar-refractivity contribution is 6.08. The summed E-state index contributed by atoms with van der Waals surface area (Å²) >= 11 is 0. The van der Waals surface area contributed by atoms with Crippen molar-refractivity contribution < 1.29 is 9.50 Å². The Morgan fingerprint density at radius 2 is 1.87 bits per heavy atom. The van der Waals surface area contributed by atoms with Crippen LogP contribution in [0.25, 0.3) is 16.8 Å². The molecule has 0 atom stereocenters. The summed E-state index contributed by atoms with van der Waals surface area (Å²) in [5.74, 6) is -0.0407. The van der Waals surface area contributed by atoms with Crippen LogP contribution in [0.4, 0.5) is 10.2 Å². The summed E-state index contributed by atoms with van der Waals surface area (Å²) in [5, 5.41) is 30.0. The first-order valence-corrected chi connectivity index (χ1v) is 10.3. The maximum Gasteiger partial charge on any atom is 0.151 e. The van der Waals surface area contributed by atoms with E-state index in [4.69, 9.17) is 11.1 Å². The highest BCUT2D eigenvalue weighted by Crippen LogP contribution is 2.35. The van der Waals surface area contributed by atoms with Gasteiger partial charge in [0.25, 0.3) is 0 Å². The van der Waals surface area contributed by atoms with Crippen molar-refractivity contribution in [3.63, 3.8) is 0 Å². The second-order valence-electron chi connectivity index (χ2n) is 9.46. The highest BCUT2D eigenvalue weighted by atomic mass is 19.1. The van der Waals surface area contributed by atoms with E-state index in [1.807, 2.05) is 13.1 Å². The molecule has 0 aliphatic carbocycles. The third-order valence-electron chi connectivity index (χ3n) is 5.74. The van der Waals surface area contributed by atoms with E-state index >= 15 is 0 Å². The first-order valence-electron chi connectivity index (χ1n) is 10.3. The van der Waals surface area contributed by atoms with Crippen molar-refractivity contribution in [2.24, 2.45) is 5.73 Å². The minimum atomic E-state index is -0.602. The first kappa shape index (κ1) is 22.7. The average molecular weight is 427 g/mol. The zero-order chi connectivity index (χ0) is 23.0. The molecule has 1 saturated heterocycles. The van der Waals surface area contributed by atoms with Gasteiger partial charge in [0.15, 0.2) is 5.82 Å². The van der Waals surface area contributed by atoms with Crippen LogP contribution >= 0.6 is 0 Å². The lowest BCUT2D eigenvalue weighted by atomic mass is 9.79. The van der Waals surface area contributed by atoms with E-state index in [1.54, 1.807) is 6.07 Å². The van der Waals surface area contributed by atoms with E-state index in [2.05, 4.69) is 48.1 Å². The van der Waals surface area contributed by atoms with Crippen molar-refractivity contribution in [2.75, 3.05) is 11.9 Å². The maximum atomic E-state index is 14.6. The fourth-order valence-electron chi connectivity index (χ4n) is 4.59. The third kappa shape index (κ3) is 4.85. The zero-order valence-electron chi connectivity index (χ0n) is 18.7. The SMILES string of the molecule is CN(c1ccc(-c2cc(F)c(/C(C=N)=C/N)cc2O)nn1)C1CC(C)(C)NC(C)(C)C1. The van der Waals surface area contributed by atoms with Crippen LogP contribution in [-0.2, 0) is 0 Å². The molecule has 5 N–H and O–H groups in total. The van der Waals surface area contributed by atoms with Gasteiger partial charge in [0, 0.05) is 53.3 Å². The van der Waals surface area contributed by atoms with E-state index in [0.717, 1.165) is 31.1 Å². The van der Waals surface area contributed by atoms with E-state index in [-0.39, 0.29) is 33.5 Å². The molecule has 0 spiro atoms. The number of hydrogen-bond acceptors (Lipinski definition) is 7. The minimum absolute atomic E-state index is 0.00636. The Morgan fingerprint density at radius 1 is 1.23 bits per heavy atom. The van der Waals surface area contributed by atoms with E-state index in [1.165, 1.54) is 12.1 Å². The summed E-state index contributed by atoms with van der Waals surface area (Å²) < 4.78 is 14.6. The smallest absolute Gasteiger partial charge is 0.151 e. The predicted octanol–water partition coefficient (Wildman–Crippen LogP) is 3.68. The lowest BCUT2D eigenvalue weighted by Crippen LogP contribution is -2.62. The molecular weight excluding hydrogens is 395 g/mol. The number of nitrogens with two attached hydrogens (primary N) is 1. The second-order valence-corrected chi connectivity index (χ2v) is 9.46. The summed E-state index contributed by atoms with van der Waals surface area (Å²) in [5.41, 5.74) is 6.26. The Morgan fingerprint density at radius 3 is 2.39 bits per heavy atom. The largest absolute Gasteiger partial charge is 0.507 e. The van der Waals surface area contributed by atoms with Gasteiger partial charge in [-0.2, -0.15) is 0 Å². The Balaban J connectivity index is 1.87. The Labute approximate surface area is 182 Å². The molecule has 1 aromatic carbocycles. The van der Waals surface area contributed by atoms with Crippen molar-refractivity contribution in [3.05, 3.63) is 41.8 Å². The summed E-state index contributed by atoms with van der Waals surface area (Å²) in [6, 6.07) is 6.27. The van der Waals surface area contributed by atoms with Gasteiger partial charge in [-0.15, -0.1) is 10.2 Å². The molecule has 0 radical (unpaired) electrons. The zero-order valence-corrected chi connectivity index (χ0v) is 18.7. The fraction of sp³-hybridized carbons (Fsp3) is 0.435. The molecule has 2 aromatic rings. The molecule has 166 valence electrons. The van der Waals surface area contributed by atoms with Crippen molar-refractivity contribution in [2.45, 2.75) is 57.7 Å². The molecule has 1 aliphatic rings. The molecule has 0 amide bonds. The molecule has 0 unspecified atom stereocenters. The van der Waals surface area contributed by atoms with E-state index < -0.39 is 5.82 Å². The number of benzene rings is 1.